The van der Waals surface area contributed by atoms with Gasteiger partial charge in [0.1, 0.15) is 5.82 Å². The lowest BCUT2D eigenvalue weighted by Crippen LogP contribution is -2.35. The second-order valence-corrected chi connectivity index (χ2v) is 7.59. The summed E-state index contributed by atoms with van der Waals surface area (Å²) >= 11 is 5.01. The van der Waals surface area contributed by atoms with Crippen LogP contribution in [0.1, 0.15) is 49.8 Å². The molecular weight excluding hydrogens is 360 g/mol. The van der Waals surface area contributed by atoms with Crippen molar-refractivity contribution in [3.05, 3.63) is 11.3 Å². The van der Waals surface area contributed by atoms with Crippen LogP contribution in [0.5, 0.6) is 0 Å². The molecule has 0 unspecified atom stereocenters. The number of anilines is 2. The summed E-state index contributed by atoms with van der Waals surface area (Å²) in [5, 5.41) is 8.91. The van der Waals surface area contributed by atoms with Gasteiger partial charge in [0.05, 0.1) is 11.8 Å². The summed E-state index contributed by atoms with van der Waals surface area (Å²) in [6, 6.07) is 2.32. The molecule has 26 heavy (non-hydrogen) atoms. The van der Waals surface area contributed by atoms with Crippen LogP contribution < -0.4 is 10.2 Å². The van der Waals surface area contributed by atoms with E-state index < -0.39 is 11.8 Å². The van der Waals surface area contributed by atoms with Crippen LogP contribution in [0.4, 0.5) is 20.5 Å². The van der Waals surface area contributed by atoms with Crippen molar-refractivity contribution in [3.8, 4) is 6.07 Å². The minimum atomic E-state index is -3.21. The highest BCUT2D eigenvalue weighted by Gasteiger charge is 2.26. The molecule has 0 aromatic carbocycles. The molecule has 1 aliphatic heterocycles. The molecule has 1 N–H and O–H groups in total. The van der Waals surface area contributed by atoms with Crippen LogP contribution in [-0.2, 0) is 12.8 Å². The van der Waals surface area contributed by atoms with Gasteiger partial charge in [0, 0.05) is 37.5 Å². The number of halogens is 3. The number of hydrogen-bond donors (Lipinski definition) is 1. The quantitative estimate of drug-likeness (QED) is 0.612. The number of nitrogens with one attached hydrogen (secondary N) is 1. The first-order chi connectivity index (χ1) is 12.5. The fourth-order valence-electron chi connectivity index (χ4n) is 3.58. The predicted octanol–water partition coefficient (Wildman–Crippen LogP) is 4.12. The standard InChI is InChI=1S/C18H24ClF2N5/c19-18(20,21)8-9-23-16-14-4-2-1-3-5-15(14)24-17(25-16)26-10-6-13(12-22)7-11-26/h13H,1-11H2,(H,23,24,25). The summed E-state index contributed by atoms with van der Waals surface area (Å²) in [6.45, 7) is 1.56. The van der Waals surface area contributed by atoms with Gasteiger partial charge in [-0.15, -0.1) is 0 Å². The molecule has 0 spiro atoms. The molecule has 1 aromatic rings. The Hall–Kier alpha value is -1.68. The summed E-state index contributed by atoms with van der Waals surface area (Å²) in [7, 11) is 0. The smallest absolute Gasteiger partial charge is 0.323 e. The van der Waals surface area contributed by atoms with E-state index >= 15 is 0 Å². The second-order valence-electron chi connectivity index (χ2n) is 7.04. The normalized spacial score (nSPS) is 18.8. The van der Waals surface area contributed by atoms with Gasteiger partial charge < -0.3 is 10.2 Å². The lowest BCUT2D eigenvalue weighted by molar-refractivity contribution is 0.0903. The van der Waals surface area contributed by atoms with Gasteiger partial charge >= 0.3 is 5.38 Å². The van der Waals surface area contributed by atoms with Crippen molar-refractivity contribution in [3.63, 3.8) is 0 Å². The topological polar surface area (TPSA) is 64.8 Å². The monoisotopic (exact) mass is 383 g/mol. The van der Waals surface area contributed by atoms with Gasteiger partial charge in [0.2, 0.25) is 5.95 Å². The van der Waals surface area contributed by atoms with Crippen LogP contribution >= 0.6 is 11.6 Å². The van der Waals surface area contributed by atoms with Crippen LogP contribution in [0.25, 0.3) is 0 Å². The van der Waals surface area contributed by atoms with Crippen molar-refractivity contribution >= 4 is 23.4 Å². The minimum Gasteiger partial charge on any atom is -0.369 e. The fraction of sp³-hybridized carbons (Fsp3) is 0.722. The molecular formula is C18H24ClF2N5. The van der Waals surface area contributed by atoms with Gasteiger partial charge in [-0.1, -0.05) is 6.42 Å². The predicted molar refractivity (Wildman–Crippen MR) is 97.7 cm³/mol. The maximum Gasteiger partial charge on any atom is 0.323 e. The largest absolute Gasteiger partial charge is 0.369 e. The van der Waals surface area contributed by atoms with E-state index in [9.17, 15) is 8.78 Å². The van der Waals surface area contributed by atoms with E-state index in [0.29, 0.717) is 11.8 Å². The molecule has 8 heteroatoms. The van der Waals surface area contributed by atoms with Crippen molar-refractivity contribution in [2.24, 2.45) is 5.92 Å². The number of rotatable bonds is 5. The molecule has 0 bridgehead atoms. The number of aromatic nitrogens is 2. The second kappa shape index (κ2) is 8.34. The summed E-state index contributed by atoms with van der Waals surface area (Å²) in [4.78, 5) is 11.5. The third-order valence-electron chi connectivity index (χ3n) is 5.08. The lowest BCUT2D eigenvalue weighted by atomic mass is 9.99. The van der Waals surface area contributed by atoms with Gasteiger partial charge in [-0.3, -0.25) is 0 Å². The van der Waals surface area contributed by atoms with Crippen LogP contribution in [0.15, 0.2) is 0 Å². The molecule has 3 rings (SSSR count). The number of fused-ring (bicyclic) bond motifs is 1. The Bertz CT molecular complexity index is 663. The molecule has 1 fully saturated rings. The van der Waals surface area contributed by atoms with Crippen LogP contribution in [0, 0.1) is 17.2 Å². The van der Waals surface area contributed by atoms with Crippen molar-refractivity contribution < 1.29 is 8.78 Å². The van der Waals surface area contributed by atoms with Gasteiger partial charge in [0.25, 0.3) is 0 Å². The van der Waals surface area contributed by atoms with Crippen LogP contribution in [0.3, 0.4) is 0 Å². The Morgan fingerprint density at radius 1 is 1.19 bits per heavy atom. The van der Waals surface area contributed by atoms with E-state index in [2.05, 4.69) is 21.3 Å². The highest BCUT2D eigenvalue weighted by atomic mass is 35.5. The van der Waals surface area contributed by atoms with E-state index in [-0.39, 0.29) is 12.5 Å². The third kappa shape index (κ3) is 4.94. The summed E-state index contributed by atoms with van der Waals surface area (Å²) in [5.74, 6) is 1.40. The molecule has 0 saturated carbocycles. The lowest BCUT2D eigenvalue weighted by Gasteiger charge is -2.30. The first kappa shape index (κ1) is 19.1. The average Bonchev–Trinajstić information content (AvgIpc) is 2.86. The maximum atomic E-state index is 12.9. The van der Waals surface area contributed by atoms with Crippen LogP contribution in [-0.4, -0.2) is 35.0 Å². The zero-order chi connectivity index (χ0) is 18.6. The third-order valence-corrected chi connectivity index (χ3v) is 5.27. The van der Waals surface area contributed by atoms with Gasteiger partial charge in [-0.05, 0) is 50.1 Å². The molecule has 0 amide bonds. The van der Waals surface area contributed by atoms with Crippen molar-refractivity contribution in [2.45, 2.75) is 56.7 Å². The van der Waals surface area contributed by atoms with E-state index in [1.54, 1.807) is 0 Å². The van der Waals surface area contributed by atoms with E-state index in [1.807, 2.05) is 0 Å². The minimum absolute atomic E-state index is 0.0654. The molecule has 1 aliphatic carbocycles. The van der Waals surface area contributed by atoms with E-state index in [4.69, 9.17) is 21.8 Å². The number of aryl methyl sites for hydroxylation is 1. The molecule has 142 valence electrons. The molecule has 2 aliphatic rings. The zero-order valence-corrected chi connectivity index (χ0v) is 15.5. The Morgan fingerprint density at radius 2 is 1.92 bits per heavy atom. The number of alkyl halides is 3. The van der Waals surface area contributed by atoms with E-state index in [0.717, 1.165) is 69.3 Å². The summed E-state index contributed by atoms with van der Waals surface area (Å²) in [6.07, 6.45) is 6.19. The highest BCUT2D eigenvalue weighted by molar-refractivity contribution is 6.21. The van der Waals surface area contributed by atoms with Gasteiger partial charge in [0.15, 0.2) is 0 Å². The number of hydrogen-bond acceptors (Lipinski definition) is 5. The molecule has 1 aromatic heterocycles. The number of nitriles is 1. The fourth-order valence-corrected chi connectivity index (χ4v) is 3.67. The number of piperidine rings is 1. The Kier molecular flexibility index (Phi) is 6.13. The van der Waals surface area contributed by atoms with Gasteiger partial charge in [-0.25, -0.2) is 4.98 Å². The molecule has 0 atom stereocenters. The molecule has 0 radical (unpaired) electrons. The van der Waals surface area contributed by atoms with Crippen LogP contribution in [0.2, 0.25) is 0 Å². The zero-order valence-electron chi connectivity index (χ0n) is 14.8. The molecule has 1 saturated heterocycles. The molecule has 5 nitrogen and oxygen atoms in total. The highest BCUT2D eigenvalue weighted by Crippen LogP contribution is 2.29. The summed E-state index contributed by atoms with van der Waals surface area (Å²) < 4.78 is 25.9. The Balaban J connectivity index is 1.80. The summed E-state index contributed by atoms with van der Waals surface area (Å²) in [5.41, 5.74) is 2.08. The SMILES string of the molecule is N#CC1CCN(c2nc3c(c(NCCC(F)(F)Cl)n2)CCCCC3)CC1. The Labute approximate surface area is 157 Å². The van der Waals surface area contributed by atoms with Crippen molar-refractivity contribution in [2.75, 3.05) is 29.9 Å². The van der Waals surface area contributed by atoms with Gasteiger partial charge in [-0.2, -0.15) is 19.0 Å². The number of nitrogens with zero attached hydrogens (tertiary/aromatic N) is 4. The average molecular weight is 384 g/mol. The van der Waals surface area contributed by atoms with E-state index in [1.165, 1.54) is 0 Å². The van der Waals surface area contributed by atoms with Crippen molar-refractivity contribution in [1.82, 2.24) is 9.97 Å². The van der Waals surface area contributed by atoms with Crippen molar-refractivity contribution in [1.29, 1.82) is 5.26 Å². The first-order valence-corrected chi connectivity index (χ1v) is 9.69. The Morgan fingerprint density at radius 3 is 2.62 bits per heavy atom. The maximum absolute atomic E-state index is 12.9. The molecule has 2 heterocycles. The first-order valence-electron chi connectivity index (χ1n) is 9.31.